The smallest absolute Gasteiger partial charge is 0.226 e. The molecule has 1 aromatic carbocycles. The molecule has 2 aromatic rings. The summed E-state index contributed by atoms with van der Waals surface area (Å²) >= 11 is 0. The fraction of sp³-hybridized carbons (Fsp3) is 0.412. The SMILES string of the molecule is O=C1C2CC2CN1Cc1ccc(Cn2cc(C(O)O)cn2)cc1. The highest BCUT2D eigenvalue weighted by atomic mass is 16.5. The Labute approximate surface area is 134 Å². The number of aromatic nitrogens is 2. The largest absolute Gasteiger partial charge is 0.364 e. The maximum absolute atomic E-state index is 12.0. The van der Waals surface area contributed by atoms with Gasteiger partial charge < -0.3 is 15.1 Å². The maximum Gasteiger partial charge on any atom is 0.226 e. The van der Waals surface area contributed by atoms with Gasteiger partial charge in [-0.3, -0.25) is 9.48 Å². The second kappa shape index (κ2) is 5.47. The van der Waals surface area contributed by atoms with Crippen molar-refractivity contribution in [1.29, 1.82) is 0 Å². The van der Waals surface area contributed by atoms with Gasteiger partial charge in [-0.05, 0) is 23.5 Å². The molecular weight excluding hydrogens is 294 g/mol. The second-order valence-corrected chi connectivity index (χ2v) is 6.48. The molecule has 1 saturated carbocycles. The predicted molar refractivity (Wildman–Crippen MR) is 82.0 cm³/mol. The summed E-state index contributed by atoms with van der Waals surface area (Å²) in [4.78, 5) is 13.9. The van der Waals surface area contributed by atoms with Gasteiger partial charge in [-0.1, -0.05) is 24.3 Å². The zero-order valence-corrected chi connectivity index (χ0v) is 12.7. The normalized spacial score (nSPS) is 22.7. The van der Waals surface area contributed by atoms with Gasteiger partial charge >= 0.3 is 0 Å². The zero-order chi connectivity index (χ0) is 16.0. The number of fused-ring (bicyclic) bond motifs is 1. The summed E-state index contributed by atoms with van der Waals surface area (Å²) in [5.74, 6) is 1.23. The third kappa shape index (κ3) is 2.87. The molecule has 1 aliphatic carbocycles. The maximum atomic E-state index is 12.0. The Kier molecular flexibility index (Phi) is 3.43. The van der Waals surface area contributed by atoms with E-state index in [2.05, 4.69) is 5.10 Å². The van der Waals surface area contributed by atoms with E-state index in [9.17, 15) is 4.79 Å². The fourth-order valence-electron chi connectivity index (χ4n) is 3.26. The number of nitrogens with zero attached hydrogens (tertiary/aromatic N) is 3. The van der Waals surface area contributed by atoms with Crippen LogP contribution in [-0.4, -0.2) is 37.3 Å². The topological polar surface area (TPSA) is 78.6 Å². The first-order valence-electron chi connectivity index (χ1n) is 7.85. The van der Waals surface area contributed by atoms with Crippen LogP contribution in [0.4, 0.5) is 0 Å². The molecule has 1 saturated heterocycles. The van der Waals surface area contributed by atoms with Crippen LogP contribution in [0.5, 0.6) is 0 Å². The molecule has 120 valence electrons. The first kappa shape index (κ1) is 14.4. The lowest BCUT2D eigenvalue weighted by Crippen LogP contribution is -2.27. The average Bonchev–Trinajstić information content (AvgIpc) is 3.02. The first-order chi connectivity index (χ1) is 11.1. The van der Waals surface area contributed by atoms with Gasteiger partial charge in [0.1, 0.15) is 0 Å². The predicted octanol–water partition coefficient (Wildman–Crippen LogP) is 0.893. The van der Waals surface area contributed by atoms with Crippen molar-refractivity contribution < 1.29 is 15.0 Å². The molecular formula is C17H19N3O3. The van der Waals surface area contributed by atoms with Crippen LogP contribution in [0.3, 0.4) is 0 Å². The van der Waals surface area contributed by atoms with Crippen LogP contribution in [0.15, 0.2) is 36.7 Å². The van der Waals surface area contributed by atoms with Gasteiger partial charge in [0.2, 0.25) is 5.91 Å². The van der Waals surface area contributed by atoms with Gasteiger partial charge in [0.25, 0.3) is 0 Å². The van der Waals surface area contributed by atoms with Gasteiger partial charge in [-0.25, -0.2) is 0 Å². The number of benzene rings is 1. The highest BCUT2D eigenvalue weighted by Gasteiger charge is 2.51. The fourth-order valence-corrected chi connectivity index (χ4v) is 3.26. The Bertz CT molecular complexity index is 723. The molecule has 0 radical (unpaired) electrons. The Morgan fingerprint density at radius 1 is 1.17 bits per heavy atom. The molecule has 2 atom stereocenters. The number of hydrogen-bond donors (Lipinski definition) is 2. The zero-order valence-electron chi connectivity index (χ0n) is 12.7. The van der Waals surface area contributed by atoms with Gasteiger partial charge in [0, 0.05) is 30.8 Å². The Hall–Kier alpha value is -2.18. The molecule has 23 heavy (non-hydrogen) atoms. The van der Waals surface area contributed by atoms with Crippen LogP contribution in [0.25, 0.3) is 0 Å². The van der Waals surface area contributed by atoms with Gasteiger partial charge in [0.05, 0.1) is 12.7 Å². The van der Waals surface area contributed by atoms with Gasteiger partial charge in [-0.2, -0.15) is 5.10 Å². The van der Waals surface area contributed by atoms with Crippen molar-refractivity contribution in [3.05, 3.63) is 53.3 Å². The van der Waals surface area contributed by atoms with Crippen molar-refractivity contribution in [3.63, 3.8) is 0 Å². The molecule has 4 rings (SSSR count). The number of piperidine rings is 1. The molecule has 2 heterocycles. The highest BCUT2D eigenvalue weighted by Crippen LogP contribution is 2.46. The minimum Gasteiger partial charge on any atom is -0.364 e. The van der Waals surface area contributed by atoms with E-state index < -0.39 is 6.29 Å². The summed E-state index contributed by atoms with van der Waals surface area (Å²) < 4.78 is 1.67. The molecule has 2 aliphatic rings. The number of rotatable bonds is 5. The lowest BCUT2D eigenvalue weighted by Gasteiger charge is -2.18. The number of carbonyl (C=O) groups excluding carboxylic acids is 1. The van der Waals surface area contributed by atoms with Crippen LogP contribution in [-0.2, 0) is 17.9 Å². The number of likely N-dealkylation sites (tertiary alicyclic amines) is 1. The minimum absolute atomic E-state index is 0.310. The lowest BCUT2D eigenvalue weighted by molar-refractivity contribution is -0.130. The molecule has 6 heteroatoms. The summed E-state index contributed by atoms with van der Waals surface area (Å²) in [5, 5.41) is 22.3. The van der Waals surface area contributed by atoms with Crippen molar-refractivity contribution in [2.45, 2.75) is 25.8 Å². The van der Waals surface area contributed by atoms with Crippen molar-refractivity contribution in [2.75, 3.05) is 6.54 Å². The lowest BCUT2D eigenvalue weighted by atomic mass is 10.1. The van der Waals surface area contributed by atoms with Crippen molar-refractivity contribution >= 4 is 5.91 Å². The standard InChI is InChI=1S/C17H19N3O3/c21-16-15-5-13(15)9-19(16)7-11-1-3-12(4-2-11)8-20-10-14(6-18-20)17(22)23/h1-4,6,10,13,15,17,22-23H,5,7-9H2. The van der Waals surface area contributed by atoms with E-state index in [-0.39, 0.29) is 0 Å². The molecule has 1 aromatic heterocycles. The average molecular weight is 313 g/mol. The Balaban J connectivity index is 1.38. The Morgan fingerprint density at radius 3 is 2.43 bits per heavy atom. The van der Waals surface area contributed by atoms with Crippen LogP contribution >= 0.6 is 0 Å². The third-order valence-corrected chi connectivity index (χ3v) is 4.70. The molecule has 1 aliphatic heterocycles. The molecule has 6 nitrogen and oxygen atoms in total. The number of amides is 1. The van der Waals surface area contributed by atoms with E-state index in [4.69, 9.17) is 10.2 Å². The van der Waals surface area contributed by atoms with E-state index in [0.29, 0.717) is 36.4 Å². The number of aliphatic hydroxyl groups excluding tert-OH is 1. The van der Waals surface area contributed by atoms with Crippen LogP contribution < -0.4 is 0 Å². The molecule has 0 spiro atoms. The highest BCUT2D eigenvalue weighted by molar-refractivity contribution is 5.84. The summed E-state index contributed by atoms with van der Waals surface area (Å²) in [6.45, 7) is 2.17. The third-order valence-electron chi connectivity index (χ3n) is 4.70. The number of hydrogen-bond acceptors (Lipinski definition) is 4. The van der Waals surface area contributed by atoms with Crippen LogP contribution in [0, 0.1) is 11.8 Å². The van der Waals surface area contributed by atoms with E-state index >= 15 is 0 Å². The van der Waals surface area contributed by atoms with Crippen molar-refractivity contribution in [1.82, 2.24) is 14.7 Å². The summed E-state index contributed by atoms with van der Waals surface area (Å²) in [7, 11) is 0. The van der Waals surface area contributed by atoms with E-state index in [0.717, 1.165) is 24.1 Å². The summed E-state index contributed by atoms with van der Waals surface area (Å²) in [6.07, 6.45) is 2.66. The molecule has 2 unspecified atom stereocenters. The first-order valence-corrected chi connectivity index (χ1v) is 7.85. The number of aliphatic hydroxyl groups is 2. The van der Waals surface area contributed by atoms with Gasteiger partial charge in [0.15, 0.2) is 6.29 Å². The van der Waals surface area contributed by atoms with Crippen LogP contribution in [0.2, 0.25) is 0 Å². The Morgan fingerprint density at radius 2 is 1.87 bits per heavy atom. The second-order valence-electron chi connectivity index (χ2n) is 6.48. The van der Waals surface area contributed by atoms with E-state index in [1.165, 1.54) is 6.20 Å². The van der Waals surface area contributed by atoms with E-state index in [1.54, 1.807) is 10.9 Å². The molecule has 0 bridgehead atoms. The van der Waals surface area contributed by atoms with Crippen molar-refractivity contribution in [3.8, 4) is 0 Å². The monoisotopic (exact) mass is 313 g/mol. The number of carbonyl (C=O) groups is 1. The summed E-state index contributed by atoms with van der Waals surface area (Å²) in [5.41, 5.74) is 2.59. The van der Waals surface area contributed by atoms with E-state index in [1.807, 2.05) is 29.2 Å². The molecule has 2 N–H and O–H groups in total. The minimum atomic E-state index is -1.49. The van der Waals surface area contributed by atoms with Gasteiger partial charge in [-0.15, -0.1) is 0 Å². The van der Waals surface area contributed by atoms with Crippen molar-refractivity contribution in [2.24, 2.45) is 11.8 Å². The molecule has 1 amide bonds. The summed E-state index contributed by atoms with van der Waals surface area (Å²) in [6, 6.07) is 8.12. The van der Waals surface area contributed by atoms with Crippen LogP contribution in [0.1, 0.15) is 29.4 Å². The molecule has 2 fully saturated rings. The quantitative estimate of drug-likeness (QED) is 0.804.